The van der Waals surface area contributed by atoms with Crippen LogP contribution in [0.4, 0.5) is 5.82 Å². The highest BCUT2D eigenvalue weighted by atomic mass is 32.2. The Morgan fingerprint density at radius 2 is 2.00 bits per heavy atom. The van der Waals surface area contributed by atoms with Gasteiger partial charge in [0.25, 0.3) is 0 Å². The van der Waals surface area contributed by atoms with Crippen molar-refractivity contribution >= 4 is 37.9 Å². The SMILES string of the molecule is CC(C)N(CCc1nccs1)c1ncnc2ccc(S(C)(=O)=O)cc12. The van der Waals surface area contributed by atoms with Gasteiger partial charge in [-0.05, 0) is 32.0 Å². The normalized spacial score (nSPS) is 12.0. The van der Waals surface area contributed by atoms with Crippen molar-refractivity contribution in [3.05, 3.63) is 41.1 Å². The first kappa shape index (κ1) is 17.8. The van der Waals surface area contributed by atoms with Crippen LogP contribution in [0.5, 0.6) is 0 Å². The Bertz CT molecular complexity index is 969. The molecule has 3 rings (SSSR count). The number of thiazole rings is 1. The van der Waals surface area contributed by atoms with Crippen molar-refractivity contribution in [3.8, 4) is 0 Å². The van der Waals surface area contributed by atoms with Crippen LogP contribution in [0.25, 0.3) is 10.9 Å². The van der Waals surface area contributed by atoms with Gasteiger partial charge < -0.3 is 4.90 Å². The lowest BCUT2D eigenvalue weighted by Gasteiger charge is -2.28. The number of fused-ring (bicyclic) bond motifs is 1. The molecular formula is C17H20N4O2S2. The summed E-state index contributed by atoms with van der Waals surface area (Å²) in [7, 11) is -3.29. The highest BCUT2D eigenvalue weighted by Gasteiger charge is 2.18. The van der Waals surface area contributed by atoms with E-state index in [-0.39, 0.29) is 10.9 Å². The van der Waals surface area contributed by atoms with Crippen LogP contribution in [0.15, 0.2) is 41.0 Å². The minimum Gasteiger partial charge on any atom is -0.353 e. The zero-order valence-electron chi connectivity index (χ0n) is 14.4. The van der Waals surface area contributed by atoms with Gasteiger partial charge in [-0.2, -0.15) is 0 Å². The average Bonchev–Trinajstić information content (AvgIpc) is 3.07. The van der Waals surface area contributed by atoms with Gasteiger partial charge in [0.15, 0.2) is 9.84 Å². The van der Waals surface area contributed by atoms with Crippen LogP contribution in [0, 0.1) is 0 Å². The van der Waals surface area contributed by atoms with Gasteiger partial charge >= 0.3 is 0 Å². The number of hydrogen-bond acceptors (Lipinski definition) is 7. The van der Waals surface area contributed by atoms with Crippen molar-refractivity contribution in [2.24, 2.45) is 0 Å². The molecule has 0 atom stereocenters. The fourth-order valence-electron chi connectivity index (χ4n) is 2.68. The second-order valence-electron chi connectivity index (χ2n) is 6.11. The molecule has 0 spiro atoms. The quantitative estimate of drug-likeness (QED) is 0.658. The van der Waals surface area contributed by atoms with E-state index in [1.807, 2.05) is 5.38 Å². The third-order valence-electron chi connectivity index (χ3n) is 3.96. The zero-order chi connectivity index (χ0) is 18.0. The molecule has 2 aromatic heterocycles. The van der Waals surface area contributed by atoms with Gasteiger partial charge in [-0.1, -0.05) is 0 Å². The summed E-state index contributed by atoms with van der Waals surface area (Å²) in [5.74, 6) is 0.752. The molecule has 132 valence electrons. The molecule has 0 aliphatic heterocycles. The summed E-state index contributed by atoms with van der Waals surface area (Å²) in [6.45, 7) is 4.94. The van der Waals surface area contributed by atoms with Gasteiger partial charge in [0.05, 0.1) is 15.4 Å². The van der Waals surface area contributed by atoms with E-state index in [4.69, 9.17) is 0 Å². The number of anilines is 1. The van der Waals surface area contributed by atoms with E-state index in [9.17, 15) is 8.42 Å². The third kappa shape index (κ3) is 3.96. The van der Waals surface area contributed by atoms with Crippen LogP contribution in [0.3, 0.4) is 0 Å². The molecule has 6 nitrogen and oxygen atoms in total. The molecule has 0 bridgehead atoms. The molecule has 0 radical (unpaired) electrons. The average molecular weight is 377 g/mol. The molecule has 0 unspecified atom stereocenters. The van der Waals surface area contributed by atoms with Gasteiger partial charge in [-0.3, -0.25) is 0 Å². The first-order chi connectivity index (χ1) is 11.9. The number of sulfone groups is 1. The number of rotatable bonds is 6. The minimum absolute atomic E-state index is 0.208. The molecule has 3 aromatic rings. The summed E-state index contributed by atoms with van der Waals surface area (Å²) < 4.78 is 23.8. The minimum atomic E-state index is -3.29. The lowest BCUT2D eigenvalue weighted by molar-refractivity contribution is 0.602. The Kier molecular flexibility index (Phi) is 5.01. The van der Waals surface area contributed by atoms with Crippen LogP contribution < -0.4 is 4.90 Å². The number of benzene rings is 1. The van der Waals surface area contributed by atoms with Crippen LogP contribution in [0.1, 0.15) is 18.9 Å². The van der Waals surface area contributed by atoms with Gasteiger partial charge in [0.1, 0.15) is 12.1 Å². The Hall–Kier alpha value is -2.06. The fraction of sp³-hybridized carbons (Fsp3) is 0.353. The Morgan fingerprint density at radius 3 is 2.64 bits per heavy atom. The lowest BCUT2D eigenvalue weighted by Crippen LogP contribution is -2.33. The molecule has 0 aliphatic carbocycles. The molecule has 8 heteroatoms. The van der Waals surface area contributed by atoms with Gasteiger partial charge in [0.2, 0.25) is 0 Å². The first-order valence-corrected chi connectivity index (χ1v) is 10.7. The number of aromatic nitrogens is 3. The third-order valence-corrected chi connectivity index (χ3v) is 5.91. The largest absolute Gasteiger partial charge is 0.353 e. The molecule has 0 amide bonds. The molecule has 0 aliphatic rings. The van der Waals surface area contributed by atoms with Gasteiger partial charge in [-0.15, -0.1) is 11.3 Å². The Morgan fingerprint density at radius 1 is 1.20 bits per heavy atom. The van der Waals surface area contributed by atoms with E-state index in [1.54, 1.807) is 35.7 Å². The van der Waals surface area contributed by atoms with Crippen molar-refractivity contribution in [3.63, 3.8) is 0 Å². The highest BCUT2D eigenvalue weighted by Crippen LogP contribution is 2.27. The predicted octanol–water partition coefficient (Wildman–Crippen LogP) is 2.95. The second kappa shape index (κ2) is 7.05. The predicted molar refractivity (Wildman–Crippen MR) is 101 cm³/mol. The number of hydrogen-bond donors (Lipinski definition) is 0. The summed E-state index contributed by atoms with van der Waals surface area (Å²) in [5.41, 5.74) is 0.734. The molecule has 25 heavy (non-hydrogen) atoms. The lowest BCUT2D eigenvalue weighted by atomic mass is 10.2. The zero-order valence-corrected chi connectivity index (χ0v) is 16.0. The second-order valence-corrected chi connectivity index (χ2v) is 9.11. The van der Waals surface area contributed by atoms with Crippen LogP contribution in [-0.2, 0) is 16.3 Å². The van der Waals surface area contributed by atoms with Crippen molar-refractivity contribution in [2.75, 3.05) is 17.7 Å². The van der Waals surface area contributed by atoms with E-state index in [0.717, 1.165) is 34.7 Å². The van der Waals surface area contributed by atoms with Crippen LogP contribution >= 0.6 is 11.3 Å². The molecule has 0 fully saturated rings. The van der Waals surface area contributed by atoms with E-state index in [1.165, 1.54) is 12.6 Å². The van der Waals surface area contributed by atoms with Crippen molar-refractivity contribution in [2.45, 2.75) is 31.2 Å². The molecule has 0 N–H and O–H groups in total. The fourth-order valence-corrected chi connectivity index (χ4v) is 3.94. The number of nitrogens with zero attached hydrogens (tertiary/aromatic N) is 4. The summed E-state index contributed by atoms with van der Waals surface area (Å²) in [4.78, 5) is 15.5. The maximum absolute atomic E-state index is 11.9. The van der Waals surface area contributed by atoms with Gasteiger partial charge in [0, 0.05) is 42.2 Å². The summed E-state index contributed by atoms with van der Waals surface area (Å²) in [6, 6.07) is 5.19. The Labute approximate surface area is 151 Å². The molecule has 1 aromatic carbocycles. The molecular weight excluding hydrogens is 356 g/mol. The summed E-state index contributed by atoms with van der Waals surface area (Å²) >= 11 is 1.63. The summed E-state index contributed by atoms with van der Waals surface area (Å²) in [5, 5.41) is 3.78. The maximum Gasteiger partial charge on any atom is 0.175 e. The highest BCUT2D eigenvalue weighted by molar-refractivity contribution is 7.90. The molecule has 0 saturated carbocycles. The molecule has 2 heterocycles. The summed E-state index contributed by atoms with van der Waals surface area (Å²) in [6.07, 6.45) is 5.35. The van der Waals surface area contributed by atoms with E-state index < -0.39 is 9.84 Å². The monoisotopic (exact) mass is 376 g/mol. The van der Waals surface area contributed by atoms with Crippen molar-refractivity contribution < 1.29 is 8.42 Å². The van der Waals surface area contributed by atoms with Gasteiger partial charge in [-0.25, -0.2) is 23.4 Å². The Balaban J connectivity index is 2.04. The van der Waals surface area contributed by atoms with Crippen LogP contribution in [-0.4, -0.2) is 42.2 Å². The topological polar surface area (TPSA) is 76.1 Å². The van der Waals surface area contributed by atoms with E-state index >= 15 is 0 Å². The van der Waals surface area contributed by atoms with Crippen molar-refractivity contribution in [1.29, 1.82) is 0 Å². The van der Waals surface area contributed by atoms with Crippen LogP contribution in [0.2, 0.25) is 0 Å². The first-order valence-electron chi connectivity index (χ1n) is 7.96. The smallest absolute Gasteiger partial charge is 0.175 e. The van der Waals surface area contributed by atoms with Crippen molar-refractivity contribution in [1.82, 2.24) is 15.0 Å². The standard InChI is InChI=1S/C17H20N4O2S2/c1-12(2)21(8-6-16-18-7-9-24-16)17-14-10-13(25(3,22)23)4-5-15(14)19-11-20-17/h4-5,7,9-12H,6,8H2,1-3H3. The maximum atomic E-state index is 11.9. The molecule has 0 saturated heterocycles. The van der Waals surface area contributed by atoms with E-state index in [0.29, 0.717) is 0 Å². The van der Waals surface area contributed by atoms with E-state index in [2.05, 4.69) is 33.7 Å².